The molecular formula is C19H25F3O3. The lowest BCUT2D eigenvalue weighted by molar-refractivity contribution is -0.161. The quantitative estimate of drug-likeness (QED) is 0.871. The number of alkyl halides is 3. The molecule has 4 atom stereocenters. The van der Waals surface area contributed by atoms with Crippen LogP contribution in [0.5, 0.6) is 0 Å². The van der Waals surface area contributed by atoms with Crippen molar-refractivity contribution in [1.29, 1.82) is 0 Å². The molecule has 25 heavy (non-hydrogen) atoms. The largest absolute Gasteiger partial charge is 0.416 e. The molecule has 140 valence electrons. The van der Waals surface area contributed by atoms with Gasteiger partial charge in [0.1, 0.15) is 17.3 Å². The van der Waals surface area contributed by atoms with Crippen molar-refractivity contribution in [2.24, 2.45) is 5.92 Å². The van der Waals surface area contributed by atoms with Crippen molar-refractivity contribution in [2.45, 2.75) is 76.2 Å². The molecule has 2 fully saturated rings. The first-order valence-electron chi connectivity index (χ1n) is 8.63. The highest BCUT2D eigenvalue weighted by Crippen LogP contribution is 2.60. The highest BCUT2D eigenvalue weighted by Gasteiger charge is 2.72. The number of fused-ring (bicyclic) bond motifs is 2. The fraction of sp³-hybridized carbons (Fsp3) is 0.684. The Hall–Kier alpha value is -1.11. The average Bonchev–Trinajstić information content (AvgIpc) is 2.94. The summed E-state index contributed by atoms with van der Waals surface area (Å²) in [5.74, 6) is 0.0698. The molecule has 2 aliphatic rings. The maximum atomic E-state index is 13.2. The van der Waals surface area contributed by atoms with E-state index in [1.54, 1.807) is 13.0 Å². The van der Waals surface area contributed by atoms with Gasteiger partial charge in [0.25, 0.3) is 0 Å². The predicted octanol–water partition coefficient (Wildman–Crippen LogP) is 4.32. The lowest BCUT2D eigenvalue weighted by atomic mass is 9.66. The molecule has 2 heterocycles. The lowest BCUT2D eigenvalue weighted by Crippen LogP contribution is -2.60. The number of hydrogen-bond donors (Lipinski definition) is 1. The lowest BCUT2D eigenvalue weighted by Gasteiger charge is -2.45. The third-order valence-corrected chi connectivity index (χ3v) is 5.99. The van der Waals surface area contributed by atoms with Gasteiger partial charge in [0, 0.05) is 0 Å². The van der Waals surface area contributed by atoms with Crippen LogP contribution >= 0.6 is 0 Å². The summed E-state index contributed by atoms with van der Waals surface area (Å²) >= 11 is 0. The minimum Gasteiger partial charge on any atom is -0.384 e. The maximum Gasteiger partial charge on any atom is 0.416 e. The molecule has 0 amide bonds. The topological polar surface area (TPSA) is 38.7 Å². The minimum atomic E-state index is -4.43. The van der Waals surface area contributed by atoms with Crippen molar-refractivity contribution in [3.05, 3.63) is 35.4 Å². The van der Waals surface area contributed by atoms with Gasteiger partial charge >= 0.3 is 6.18 Å². The zero-order valence-corrected chi connectivity index (χ0v) is 15.0. The Morgan fingerprint density at radius 3 is 2.44 bits per heavy atom. The van der Waals surface area contributed by atoms with E-state index < -0.39 is 34.6 Å². The Bertz CT molecular complexity index is 656. The van der Waals surface area contributed by atoms with Gasteiger partial charge in [-0.05, 0) is 44.2 Å². The first-order valence-corrected chi connectivity index (χ1v) is 8.63. The molecule has 3 nitrogen and oxygen atoms in total. The standard InChI is InChI=1S/C19H25F3O3/c1-12(2)18-10-9-16(3,25-18)15(17(18,4)23)24-11-13-7-5-6-8-14(13)19(20,21)22/h5-8,12,15,23H,9-11H2,1-4H3/t15-,16-,17?,18-/m0/s1. The second-order valence-electron chi connectivity index (χ2n) is 7.95. The van der Waals surface area contributed by atoms with E-state index in [9.17, 15) is 18.3 Å². The van der Waals surface area contributed by atoms with Crippen molar-refractivity contribution in [1.82, 2.24) is 0 Å². The summed E-state index contributed by atoms with van der Waals surface area (Å²) in [7, 11) is 0. The SMILES string of the molecule is CC(C)[C@]12CC[C@](C)(O1)[C@H](OCc1ccccc1C(F)(F)F)C2(C)O. The highest BCUT2D eigenvalue weighted by atomic mass is 19.4. The number of aliphatic hydroxyl groups is 1. The van der Waals surface area contributed by atoms with E-state index >= 15 is 0 Å². The summed E-state index contributed by atoms with van der Waals surface area (Å²) in [4.78, 5) is 0. The van der Waals surface area contributed by atoms with Gasteiger partial charge in [-0.2, -0.15) is 13.2 Å². The van der Waals surface area contributed by atoms with Crippen LogP contribution in [-0.2, 0) is 22.3 Å². The highest BCUT2D eigenvalue weighted by molar-refractivity contribution is 5.29. The number of benzene rings is 1. The molecule has 2 aliphatic heterocycles. The molecule has 6 heteroatoms. The number of halogens is 3. The van der Waals surface area contributed by atoms with Gasteiger partial charge in [0.05, 0.1) is 17.8 Å². The molecule has 0 aliphatic carbocycles. The van der Waals surface area contributed by atoms with Gasteiger partial charge in [-0.25, -0.2) is 0 Å². The molecule has 1 N–H and O–H groups in total. The number of rotatable bonds is 4. The summed E-state index contributed by atoms with van der Waals surface area (Å²) in [5, 5.41) is 11.2. The van der Waals surface area contributed by atoms with Crippen molar-refractivity contribution >= 4 is 0 Å². The molecule has 0 aromatic heterocycles. The van der Waals surface area contributed by atoms with Gasteiger partial charge in [-0.1, -0.05) is 32.0 Å². The van der Waals surface area contributed by atoms with E-state index in [1.807, 2.05) is 20.8 Å². The van der Waals surface area contributed by atoms with Crippen molar-refractivity contribution in [2.75, 3.05) is 0 Å². The van der Waals surface area contributed by atoms with Gasteiger partial charge < -0.3 is 14.6 Å². The normalized spacial score (nSPS) is 37.9. The zero-order valence-electron chi connectivity index (χ0n) is 15.0. The third kappa shape index (κ3) is 2.69. The number of hydrogen-bond acceptors (Lipinski definition) is 3. The van der Waals surface area contributed by atoms with Gasteiger partial charge in [-0.15, -0.1) is 0 Å². The molecule has 2 bridgehead atoms. The molecule has 0 radical (unpaired) electrons. The zero-order chi connectivity index (χ0) is 18.7. The molecule has 1 unspecified atom stereocenters. The van der Waals surface area contributed by atoms with Crippen LogP contribution in [0.3, 0.4) is 0 Å². The van der Waals surface area contributed by atoms with E-state index in [0.717, 1.165) is 6.07 Å². The minimum absolute atomic E-state index is 0.0655. The Morgan fingerprint density at radius 1 is 1.24 bits per heavy atom. The predicted molar refractivity (Wildman–Crippen MR) is 86.9 cm³/mol. The van der Waals surface area contributed by atoms with E-state index in [-0.39, 0.29) is 18.1 Å². The fourth-order valence-electron chi connectivity index (χ4n) is 4.73. The molecule has 0 saturated carbocycles. The van der Waals surface area contributed by atoms with Crippen LogP contribution in [0.15, 0.2) is 24.3 Å². The Labute approximate surface area is 146 Å². The van der Waals surface area contributed by atoms with Crippen molar-refractivity contribution in [3.63, 3.8) is 0 Å². The van der Waals surface area contributed by atoms with Gasteiger partial charge in [-0.3, -0.25) is 0 Å². The van der Waals surface area contributed by atoms with Gasteiger partial charge in [0.15, 0.2) is 0 Å². The molecule has 3 rings (SSSR count). The average molecular weight is 358 g/mol. The summed E-state index contributed by atoms with van der Waals surface area (Å²) < 4.78 is 51.6. The molecule has 1 aromatic carbocycles. The molecule has 1 aromatic rings. The van der Waals surface area contributed by atoms with Gasteiger partial charge in [0.2, 0.25) is 0 Å². The van der Waals surface area contributed by atoms with E-state index in [1.165, 1.54) is 12.1 Å². The first kappa shape index (κ1) is 18.7. The second-order valence-corrected chi connectivity index (χ2v) is 7.95. The van der Waals surface area contributed by atoms with Crippen molar-refractivity contribution < 1.29 is 27.8 Å². The second kappa shape index (κ2) is 5.69. The number of ether oxygens (including phenoxy) is 2. The van der Waals surface area contributed by atoms with Crippen LogP contribution in [0.1, 0.15) is 51.7 Å². The van der Waals surface area contributed by atoms with Crippen LogP contribution < -0.4 is 0 Å². The maximum absolute atomic E-state index is 13.2. The Balaban J connectivity index is 1.86. The Kier molecular flexibility index (Phi) is 4.25. The summed E-state index contributed by atoms with van der Waals surface area (Å²) in [6.07, 6.45) is -3.69. The molecule has 0 spiro atoms. The van der Waals surface area contributed by atoms with Crippen LogP contribution in [0.2, 0.25) is 0 Å². The van der Waals surface area contributed by atoms with E-state index in [0.29, 0.717) is 12.8 Å². The van der Waals surface area contributed by atoms with Crippen LogP contribution in [-0.4, -0.2) is 28.0 Å². The smallest absolute Gasteiger partial charge is 0.384 e. The van der Waals surface area contributed by atoms with Crippen LogP contribution in [0, 0.1) is 5.92 Å². The van der Waals surface area contributed by atoms with Crippen LogP contribution in [0.25, 0.3) is 0 Å². The van der Waals surface area contributed by atoms with E-state index in [2.05, 4.69) is 0 Å². The van der Waals surface area contributed by atoms with E-state index in [4.69, 9.17) is 9.47 Å². The summed E-state index contributed by atoms with van der Waals surface area (Å²) in [6, 6.07) is 5.37. The summed E-state index contributed by atoms with van der Waals surface area (Å²) in [5.41, 5.74) is -3.32. The first-order chi connectivity index (χ1) is 11.4. The third-order valence-electron chi connectivity index (χ3n) is 5.99. The Morgan fingerprint density at radius 2 is 1.88 bits per heavy atom. The monoisotopic (exact) mass is 358 g/mol. The van der Waals surface area contributed by atoms with Crippen molar-refractivity contribution in [3.8, 4) is 0 Å². The molecular weight excluding hydrogens is 333 g/mol. The molecule has 2 saturated heterocycles. The van der Waals surface area contributed by atoms with Crippen LogP contribution in [0.4, 0.5) is 13.2 Å². The fourth-order valence-corrected chi connectivity index (χ4v) is 4.73. The summed E-state index contributed by atoms with van der Waals surface area (Å²) in [6.45, 7) is 7.31.